The smallest absolute Gasteiger partial charge is 0.235 e. The van der Waals surface area contributed by atoms with Crippen LogP contribution in [0.2, 0.25) is 0 Å². The zero-order valence-electron chi connectivity index (χ0n) is 12.2. The van der Waals surface area contributed by atoms with Crippen LogP contribution in [-0.4, -0.2) is 40.1 Å². The van der Waals surface area contributed by atoms with E-state index in [0.717, 1.165) is 38.5 Å². The maximum absolute atomic E-state index is 12.7. The Morgan fingerprint density at radius 1 is 1.32 bits per heavy atom. The van der Waals surface area contributed by atoms with E-state index >= 15 is 0 Å². The second-order valence-electron chi connectivity index (χ2n) is 6.33. The standard InChI is InChI=1S/C14H26N2O2S/c1-13(2,18)10-16(3)12(17)14(11(15)19)8-6-4-5-7-9-14/h18H,4-10H2,1-3H3,(H2,15,19). The second kappa shape index (κ2) is 6.18. The minimum atomic E-state index is -0.910. The highest BCUT2D eigenvalue weighted by Crippen LogP contribution is 2.37. The van der Waals surface area contributed by atoms with E-state index in [-0.39, 0.29) is 12.5 Å². The van der Waals surface area contributed by atoms with Gasteiger partial charge in [-0.3, -0.25) is 4.79 Å². The van der Waals surface area contributed by atoms with Crippen molar-refractivity contribution in [3.05, 3.63) is 0 Å². The van der Waals surface area contributed by atoms with Gasteiger partial charge >= 0.3 is 0 Å². The second-order valence-corrected chi connectivity index (χ2v) is 6.77. The third kappa shape index (κ3) is 4.14. The van der Waals surface area contributed by atoms with Crippen LogP contribution in [0.3, 0.4) is 0 Å². The van der Waals surface area contributed by atoms with Gasteiger partial charge in [0.25, 0.3) is 0 Å². The van der Waals surface area contributed by atoms with Crippen molar-refractivity contribution in [2.75, 3.05) is 13.6 Å². The van der Waals surface area contributed by atoms with Crippen LogP contribution in [0.1, 0.15) is 52.4 Å². The molecule has 0 aromatic carbocycles. The fourth-order valence-corrected chi connectivity index (χ4v) is 3.21. The predicted molar refractivity (Wildman–Crippen MR) is 80.9 cm³/mol. The molecule has 19 heavy (non-hydrogen) atoms. The van der Waals surface area contributed by atoms with Gasteiger partial charge in [-0.2, -0.15) is 0 Å². The highest BCUT2D eigenvalue weighted by molar-refractivity contribution is 7.80. The molecule has 1 saturated carbocycles. The van der Waals surface area contributed by atoms with Crippen LogP contribution in [0, 0.1) is 5.41 Å². The number of nitrogens with two attached hydrogens (primary N) is 1. The zero-order chi connectivity index (χ0) is 14.7. The number of aliphatic hydroxyl groups is 1. The van der Waals surface area contributed by atoms with E-state index in [2.05, 4.69) is 0 Å². The van der Waals surface area contributed by atoms with Gasteiger partial charge < -0.3 is 15.7 Å². The van der Waals surface area contributed by atoms with Crippen LogP contribution >= 0.6 is 12.2 Å². The van der Waals surface area contributed by atoms with Crippen molar-refractivity contribution in [2.24, 2.45) is 11.1 Å². The van der Waals surface area contributed by atoms with Gasteiger partial charge in [0, 0.05) is 13.6 Å². The highest BCUT2D eigenvalue weighted by atomic mass is 32.1. The van der Waals surface area contributed by atoms with Crippen LogP contribution in [0.5, 0.6) is 0 Å². The molecule has 0 heterocycles. The van der Waals surface area contributed by atoms with E-state index in [9.17, 15) is 9.90 Å². The fourth-order valence-electron chi connectivity index (χ4n) is 2.92. The van der Waals surface area contributed by atoms with Crippen molar-refractivity contribution in [1.82, 2.24) is 4.90 Å². The molecule has 0 aromatic heterocycles. The number of rotatable bonds is 4. The molecule has 1 fully saturated rings. The summed E-state index contributed by atoms with van der Waals surface area (Å²) in [6, 6.07) is 0. The van der Waals surface area contributed by atoms with Crippen molar-refractivity contribution >= 4 is 23.1 Å². The molecular formula is C14H26N2O2S. The summed E-state index contributed by atoms with van der Waals surface area (Å²) >= 11 is 5.19. The van der Waals surface area contributed by atoms with Gasteiger partial charge in [-0.1, -0.05) is 37.9 Å². The number of thiocarbonyl (C=S) groups is 1. The molecule has 4 nitrogen and oxygen atoms in total. The molecule has 0 aliphatic heterocycles. The molecule has 0 aromatic rings. The maximum Gasteiger partial charge on any atom is 0.235 e. The molecule has 0 radical (unpaired) electrons. The molecule has 1 amide bonds. The Hall–Kier alpha value is -0.680. The minimum Gasteiger partial charge on any atom is -0.392 e. The monoisotopic (exact) mass is 286 g/mol. The van der Waals surface area contributed by atoms with Crippen LogP contribution in [0.25, 0.3) is 0 Å². The van der Waals surface area contributed by atoms with Gasteiger partial charge in [0.2, 0.25) is 5.91 Å². The first kappa shape index (κ1) is 16.4. The molecule has 110 valence electrons. The number of likely N-dealkylation sites (N-methyl/N-ethyl adjacent to an activating group) is 1. The Bertz CT molecular complexity index is 342. The number of hydrogen-bond acceptors (Lipinski definition) is 3. The summed E-state index contributed by atoms with van der Waals surface area (Å²) in [4.78, 5) is 14.6. The highest BCUT2D eigenvalue weighted by Gasteiger charge is 2.43. The van der Waals surface area contributed by atoms with Crippen molar-refractivity contribution < 1.29 is 9.90 Å². The molecular weight excluding hydrogens is 260 g/mol. The van der Waals surface area contributed by atoms with Gasteiger partial charge in [-0.05, 0) is 26.7 Å². The molecule has 3 N–H and O–H groups in total. The first-order valence-corrected chi connectivity index (χ1v) is 7.38. The average Bonchev–Trinajstić information content (AvgIpc) is 2.51. The fraction of sp³-hybridized carbons (Fsp3) is 0.857. The lowest BCUT2D eigenvalue weighted by molar-refractivity contribution is -0.140. The van der Waals surface area contributed by atoms with Crippen LogP contribution in [-0.2, 0) is 4.79 Å². The first-order valence-electron chi connectivity index (χ1n) is 6.97. The topological polar surface area (TPSA) is 66.6 Å². The Morgan fingerprint density at radius 3 is 2.16 bits per heavy atom. The van der Waals surface area contributed by atoms with Gasteiger partial charge in [-0.25, -0.2) is 0 Å². The number of amides is 1. The lowest BCUT2D eigenvalue weighted by Gasteiger charge is -2.36. The van der Waals surface area contributed by atoms with Gasteiger partial charge in [-0.15, -0.1) is 0 Å². The Kier molecular flexibility index (Phi) is 5.33. The third-order valence-electron chi connectivity index (χ3n) is 3.81. The zero-order valence-corrected chi connectivity index (χ0v) is 13.1. The van der Waals surface area contributed by atoms with E-state index < -0.39 is 11.0 Å². The predicted octanol–water partition coefficient (Wildman–Crippen LogP) is 1.84. The largest absolute Gasteiger partial charge is 0.392 e. The number of nitrogens with zero attached hydrogens (tertiary/aromatic N) is 1. The van der Waals surface area contributed by atoms with Gasteiger partial charge in [0.15, 0.2) is 0 Å². The van der Waals surface area contributed by atoms with Crippen molar-refractivity contribution in [1.29, 1.82) is 0 Å². The van der Waals surface area contributed by atoms with E-state index in [1.165, 1.54) is 0 Å². The minimum absolute atomic E-state index is 0.0379. The van der Waals surface area contributed by atoms with E-state index in [4.69, 9.17) is 18.0 Å². The molecule has 0 bridgehead atoms. The Morgan fingerprint density at radius 2 is 1.79 bits per heavy atom. The van der Waals surface area contributed by atoms with Crippen molar-refractivity contribution in [3.63, 3.8) is 0 Å². The number of hydrogen-bond donors (Lipinski definition) is 2. The Balaban J connectivity index is 2.92. The van der Waals surface area contributed by atoms with Gasteiger partial charge in [0.05, 0.1) is 16.0 Å². The molecule has 0 unspecified atom stereocenters. The first-order chi connectivity index (χ1) is 8.69. The third-order valence-corrected chi connectivity index (χ3v) is 4.20. The van der Waals surface area contributed by atoms with Crippen molar-refractivity contribution in [3.8, 4) is 0 Å². The summed E-state index contributed by atoms with van der Waals surface area (Å²) in [5.74, 6) is -0.0379. The van der Waals surface area contributed by atoms with Crippen LogP contribution < -0.4 is 5.73 Å². The lowest BCUT2D eigenvalue weighted by atomic mass is 9.78. The summed E-state index contributed by atoms with van der Waals surface area (Å²) in [5.41, 5.74) is 4.28. The molecule has 0 atom stereocenters. The molecule has 1 rings (SSSR count). The van der Waals surface area contributed by atoms with E-state index in [0.29, 0.717) is 4.99 Å². The molecule has 5 heteroatoms. The average molecular weight is 286 g/mol. The normalized spacial score (nSPS) is 19.6. The SMILES string of the molecule is CN(CC(C)(C)O)C(=O)C1(C(N)=S)CCCCCC1. The summed E-state index contributed by atoms with van der Waals surface area (Å²) in [6.07, 6.45) is 5.70. The quantitative estimate of drug-likeness (QED) is 0.611. The molecule has 0 saturated heterocycles. The molecule has 0 spiro atoms. The molecule has 1 aliphatic carbocycles. The van der Waals surface area contributed by atoms with Crippen LogP contribution in [0.15, 0.2) is 0 Å². The van der Waals surface area contributed by atoms with E-state index in [1.54, 1.807) is 25.8 Å². The molecule has 1 aliphatic rings. The van der Waals surface area contributed by atoms with E-state index in [1.807, 2.05) is 0 Å². The van der Waals surface area contributed by atoms with Gasteiger partial charge in [0.1, 0.15) is 0 Å². The maximum atomic E-state index is 12.7. The summed E-state index contributed by atoms with van der Waals surface area (Å²) < 4.78 is 0. The summed E-state index contributed by atoms with van der Waals surface area (Å²) in [6.45, 7) is 3.67. The number of carbonyl (C=O) groups excluding carboxylic acids is 1. The summed E-state index contributed by atoms with van der Waals surface area (Å²) in [5, 5.41) is 9.86. The lowest BCUT2D eigenvalue weighted by Crippen LogP contribution is -2.52. The Labute approximate surface area is 121 Å². The van der Waals surface area contributed by atoms with Crippen LogP contribution in [0.4, 0.5) is 0 Å². The number of carbonyl (C=O) groups is 1. The summed E-state index contributed by atoms with van der Waals surface area (Å²) in [7, 11) is 1.71. The van der Waals surface area contributed by atoms with Crippen molar-refractivity contribution in [2.45, 2.75) is 58.0 Å².